The second-order valence-electron chi connectivity index (χ2n) is 2.75. The predicted octanol–water partition coefficient (Wildman–Crippen LogP) is 0.810. The lowest BCUT2D eigenvalue weighted by Crippen LogP contribution is -2.36. The Morgan fingerprint density at radius 2 is 1.75 bits per heavy atom. The maximum atomic E-state index is 5.28. The zero-order valence-electron chi connectivity index (χ0n) is 8.55. The van der Waals surface area contributed by atoms with Crippen molar-refractivity contribution < 1.29 is 13.9 Å². The highest BCUT2D eigenvalue weighted by atomic mass is 28.2. The Balaban J connectivity index is 3.76. The lowest BCUT2D eigenvalue weighted by Gasteiger charge is -2.29. The maximum Gasteiger partial charge on any atom is 0.272 e. The van der Waals surface area contributed by atoms with E-state index < -0.39 is 5.97 Å². The lowest BCUT2D eigenvalue weighted by molar-refractivity contribution is -0.325. The minimum Gasteiger partial charge on any atom is -0.380 e. The number of ether oxygens (including phenoxy) is 2. The first-order valence-electron chi connectivity index (χ1n) is 4.40. The van der Waals surface area contributed by atoms with E-state index >= 15 is 0 Å². The summed E-state index contributed by atoms with van der Waals surface area (Å²) in [4.78, 5) is 0. The smallest absolute Gasteiger partial charge is 0.272 e. The van der Waals surface area contributed by atoms with Gasteiger partial charge in [-0.05, 0) is 6.42 Å². The standard InChI is InChI=1S/C8H20O3Si/c1-4-5-6-7-8(9-2,10-3)11-12/h4-7H2,1-3,12H3. The molecule has 0 aliphatic heterocycles. The van der Waals surface area contributed by atoms with Crippen LogP contribution in [0.2, 0.25) is 0 Å². The third-order valence-corrected chi connectivity index (χ3v) is 2.64. The summed E-state index contributed by atoms with van der Waals surface area (Å²) < 4.78 is 15.6. The average molecular weight is 192 g/mol. The molecule has 4 heteroatoms. The summed E-state index contributed by atoms with van der Waals surface area (Å²) in [5.74, 6) is -0.763. The van der Waals surface area contributed by atoms with Crippen LogP contribution in [0.3, 0.4) is 0 Å². The fourth-order valence-corrected chi connectivity index (χ4v) is 1.69. The number of hydrogen-bond donors (Lipinski definition) is 0. The quantitative estimate of drug-likeness (QED) is 0.339. The molecule has 0 aromatic carbocycles. The van der Waals surface area contributed by atoms with Gasteiger partial charge in [0.1, 0.15) is 0 Å². The summed E-state index contributed by atoms with van der Waals surface area (Å²) in [5.41, 5.74) is 0. The Kier molecular flexibility index (Phi) is 6.65. The highest BCUT2D eigenvalue weighted by molar-refractivity contribution is 5.98. The van der Waals surface area contributed by atoms with Gasteiger partial charge in [-0.1, -0.05) is 19.8 Å². The Bertz CT molecular complexity index is 96.2. The van der Waals surface area contributed by atoms with E-state index in [1.165, 1.54) is 12.8 Å². The zero-order chi connectivity index (χ0) is 9.45. The van der Waals surface area contributed by atoms with Crippen molar-refractivity contribution in [3.8, 4) is 0 Å². The van der Waals surface area contributed by atoms with Gasteiger partial charge in [0.15, 0.2) is 10.5 Å². The molecule has 12 heavy (non-hydrogen) atoms. The molecule has 0 spiro atoms. The minimum absolute atomic E-state index is 0.634. The molecule has 0 aliphatic carbocycles. The second kappa shape index (κ2) is 6.60. The second-order valence-corrected chi connectivity index (χ2v) is 3.16. The molecule has 0 N–H and O–H groups in total. The Morgan fingerprint density at radius 1 is 1.17 bits per heavy atom. The van der Waals surface area contributed by atoms with Gasteiger partial charge in [-0.15, -0.1) is 0 Å². The molecule has 0 radical (unpaired) electrons. The Labute approximate surface area is 77.9 Å². The van der Waals surface area contributed by atoms with Crippen molar-refractivity contribution in [2.24, 2.45) is 0 Å². The van der Waals surface area contributed by atoms with E-state index in [0.717, 1.165) is 12.8 Å². The molecule has 0 heterocycles. The number of unbranched alkanes of at least 4 members (excludes halogenated alkanes) is 2. The van der Waals surface area contributed by atoms with Gasteiger partial charge in [0, 0.05) is 20.6 Å². The van der Waals surface area contributed by atoms with Gasteiger partial charge in [-0.3, -0.25) is 0 Å². The van der Waals surface area contributed by atoms with Gasteiger partial charge in [0.25, 0.3) is 5.97 Å². The average Bonchev–Trinajstić information content (AvgIpc) is 2.14. The van der Waals surface area contributed by atoms with E-state index in [1.807, 2.05) is 0 Å². The van der Waals surface area contributed by atoms with Crippen molar-refractivity contribution in [3.63, 3.8) is 0 Å². The molecule has 0 aromatic heterocycles. The van der Waals surface area contributed by atoms with Crippen LogP contribution in [0.25, 0.3) is 0 Å². The van der Waals surface area contributed by atoms with Crippen LogP contribution in [0, 0.1) is 0 Å². The van der Waals surface area contributed by atoms with Gasteiger partial charge < -0.3 is 13.9 Å². The van der Waals surface area contributed by atoms with Gasteiger partial charge in [0.2, 0.25) is 0 Å². The topological polar surface area (TPSA) is 27.7 Å². The fourth-order valence-electron chi connectivity index (χ4n) is 1.15. The molecule has 0 saturated carbocycles. The van der Waals surface area contributed by atoms with Gasteiger partial charge in [-0.2, -0.15) is 0 Å². The van der Waals surface area contributed by atoms with Crippen LogP contribution < -0.4 is 0 Å². The molecule has 74 valence electrons. The largest absolute Gasteiger partial charge is 0.380 e. The molecule has 0 aliphatic rings. The minimum atomic E-state index is -0.763. The summed E-state index contributed by atoms with van der Waals surface area (Å²) in [7, 11) is 3.87. The Hall–Kier alpha value is 0.0969. The van der Waals surface area contributed by atoms with E-state index in [9.17, 15) is 0 Å². The summed E-state index contributed by atoms with van der Waals surface area (Å²) in [5, 5.41) is 0. The van der Waals surface area contributed by atoms with Crippen molar-refractivity contribution in [1.82, 2.24) is 0 Å². The van der Waals surface area contributed by atoms with Gasteiger partial charge in [0.05, 0.1) is 0 Å². The highest BCUT2D eigenvalue weighted by Crippen LogP contribution is 2.20. The maximum absolute atomic E-state index is 5.28. The molecular weight excluding hydrogens is 172 g/mol. The van der Waals surface area contributed by atoms with Crippen LogP contribution in [0.15, 0.2) is 0 Å². The molecule has 0 atom stereocenters. The van der Waals surface area contributed by atoms with E-state index in [2.05, 4.69) is 6.92 Å². The predicted molar refractivity (Wildman–Crippen MR) is 51.9 cm³/mol. The first-order chi connectivity index (χ1) is 5.74. The third-order valence-electron chi connectivity index (χ3n) is 2.02. The van der Waals surface area contributed by atoms with E-state index in [1.54, 1.807) is 14.2 Å². The van der Waals surface area contributed by atoms with Crippen LogP contribution in [-0.2, 0) is 13.9 Å². The van der Waals surface area contributed by atoms with Crippen LogP contribution >= 0.6 is 0 Å². The monoisotopic (exact) mass is 192 g/mol. The van der Waals surface area contributed by atoms with Crippen molar-refractivity contribution in [3.05, 3.63) is 0 Å². The SMILES string of the molecule is CCCCCC(OC)(OC)O[SiH3]. The van der Waals surface area contributed by atoms with Crippen LogP contribution in [0.4, 0.5) is 0 Å². The third kappa shape index (κ3) is 3.67. The normalized spacial score (nSPS) is 12.2. The number of hydrogen-bond acceptors (Lipinski definition) is 3. The molecule has 0 amide bonds. The van der Waals surface area contributed by atoms with Crippen LogP contribution in [-0.4, -0.2) is 30.7 Å². The molecule has 0 fully saturated rings. The molecular formula is C8H20O3Si. The Morgan fingerprint density at radius 3 is 2.08 bits per heavy atom. The molecule has 0 unspecified atom stereocenters. The zero-order valence-corrected chi connectivity index (χ0v) is 10.6. The lowest BCUT2D eigenvalue weighted by atomic mass is 10.2. The van der Waals surface area contributed by atoms with Crippen molar-refractivity contribution in [2.45, 2.75) is 38.6 Å². The van der Waals surface area contributed by atoms with E-state index in [-0.39, 0.29) is 0 Å². The molecule has 0 rings (SSSR count). The molecule has 3 nitrogen and oxygen atoms in total. The van der Waals surface area contributed by atoms with E-state index in [0.29, 0.717) is 10.5 Å². The molecule has 0 bridgehead atoms. The van der Waals surface area contributed by atoms with Crippen molar-refractivity contribution in [1.29, 1.82) is 0 Å². The highest BCUT2D eigenvalue weighted by Gasteiger charge is 2.27. The number of rotatable bonds is 7. The first kappa shape index (κ1) is 12.1. The first-order valence-corrected chi connectivity index (χ1v) is 5.21. The van der Waals surface area contributed by atoms with Crippen LogP contribution in [0.5, 0.6) is 0 Å². The molecule has 0 aromatic rings. The van der Waals surface area contributed by atoms with Gasteiger partial charge >= 0.3 is 0 Å². The van der Waals surface area contributed by atoms with Crippen molar-refractivity contribution >= 4 is 10.5 Å². The molecule has 0 saturated heterocycles. The van der Waals surface area contributed by atoms with Crippen LogP contribution in [0.1, 0.15) is 32.6 Å². The van der Waals surface area contributed by atoms with Crippen molar-refractivity contribution in [2.75, 3.05) is 14.2 Å². The number of methoxy groups -OCH3 is 2. The van der Waals surface area contributed by atoms with Gasteiger partial charge in [-0.25, -0.2) is 0 Å². The fraction of sp³-hybridized carbons (Fsp3) is 1.00. The van der Waals surface area contributed by atoms with E-state index in [4.69, 9.17) is 13.9 Å². The summed E-state index contributed by atoms with van der Waals surface area (Å²) in [6.07, 6.45) is 4.29. The summed E-state index contributed by atoms with van der Waals surface area (Å²) >= 11 is 0. The summed E-state index contributed by atoms with van der Waals surface area (Å²) in [6, 6.07) is 0. The summed E-state index contributed by atoms with van der Waals surface area (Å²) in [6.45, 7) is 2.17.